The predicted molar refractivity (Wildman–Crippen MR) is 116 cm³/mol. The summed E-state index contributed by atoms with van der Waals surface area (Å²) >= 11 is 0. The van der Waals surface area contributed by atoms with E-state index in [1.54, 1.807) is 12.1 Å². The van der Waals surface area contributed by atoms with Gasteiger partial charge in [-0.15, -0.1) is 0 Å². The Morgan fingerprint density at radius 2 is 1.84 bits per heavy atom. The van der Waals surface area contributed by atoms with Crippen LogP contribution in [0.1, 0.15) is 46.9 Å². The lowest BCUT2D eigenvalue weighted by Crippen LogP contribution is -2.49. The normalized spacial score (nSPS) is 21.4. The Labute approximate surface area is 181 Å². The van der Waals surface area contributed by atoms with E-state index in [0.717, 1.165) is 30.0 Å². The highest BCUT2D eigenvalue weighted by molar-refractivity contribution is 6.08. The number of pyridine rings is 2. The van der Waals surface area contributed by atoms with Gasteiger partial charge in [0.15, 0.2) is 0 Å². The molecule has 3 amide bonds. The zero-order chi connectivity index (χ0) is 22.2. The monoisotopic (exact) mass is 421 g/mol. The third-order valence-electron chi connectivity index (χ3n) is 6.31. The molecule has 1 N–H and O–H groups in total. The molecule has 2 aromatic rings. The number of carbonyl (C=O) groups excluding carboxylic acids is 3. The van der Waals surface area contributed by atoms with E-state index in [2.05, 4.69) is 33.2 Å². The van der Waals surface area contributed by atoms with Gasteiger partial charge in [0, 0.05) is 45.0 Å². The number of imide groups is 1. The molecule has 2 aliphatic heterocycles. The van der Waals surface area contributed by atoms with Gasteiger partial charge in [0.05, 0.1) is 11.3 Å². The summed E-state index contributed by atoms with van der Waals surface area (Å²) in [7, 11) is 0. The number of hydrogen-bond acceptors (Lipinski definition) is 6. The maximum Gasteiger partial charge on any atom is 0.255 e. The molecular weight excluding hydrogens is 394 g/mol. The molecule has 2 aliphatic rings. The maximum absolute atomic E-state index is 13.0. The summed E-state index contributed by atoms with van der Waals surface area (Å²) in [5.74, 6) is 0.287. The third kappa shape index (κ3) is 3.78. The van der Waals surface area contributed by atoms with Crippen LogP contribution < -0.4 is 10.2 Å². The summed E-state index contributed by atoms with van der Waals surface area (Å²) in [5, 5.41) is 2.37. The zero-order valence-electron chi connectivity index (χ0n) is 18.1. The second kappa shape index (κ2) is 8.09. The average molecular weight is 422 g/mol. The van der Waals surface area contributed by atoms with Gasteiger partial charge in [0.2, 0.25) is 11.8 Å². The van der Waals surface area contributed by atoms with Crippen LogP contribution in [0, 0.1) is 13.8 Å². The van der Waals surface area contributed by atoms with Crippen LogP contribution in [0.25, 0.3) is 0 Å². The quantitative estimate of drug-likeness (QED) is 0.756. The van der Waals surface area contributed by atoms with Crippen molar-refractivity contribution >= 4 is 23.5 Å². The van der Waals surface area contributed by atoms with E-state index >= 15 is 0 Å². The van der Waals surface area contributed by atoms with Gasteiger partial charge >= 0.3 is 0 Å². The fourth-order valence-electron chi connectivity index (χ4n) is 4.46. The predicted octanol–water partition coefficient (Wildman–Crippen LogP) is 1.75. The van der Waals surface area contributed by atoms with E-state index in [1.165, 1.54) is 6.20 Å². The molecule has 2 aromatic heterocycles. The van der Waals surface area contributed by atoms with Crippen LogP contribution in [0.3, 0.4) is 0 Å². The van der Waals surface area contributed by atoms with Crippen molar-refractivity contribution in [1.29, 1.82) is 0 Å². The topological polar surface area (TPSA) is 95.5 Å². The molecule has 4 rings (SSSR count). The first kappa shape index (κ1) is 21.0. The summed E-state index contributed by atoms with van der Waals surface area (Å²) < 4.78 is 0. The number of nitrogens with zero attached hydrogens (tertiary/aromatic N) is 4. The summed E-state index contributed by atoms with van der Waals surface area (Å²) in [6.07, 6.45) is 3.95. The Morgan fingerprint density at radius 1 is 1.10 bits per heavy atom. The molecule has 1 atom stereocenters. The number of piperazine rings is 1. The van der Waals surface area contributed by atoms with Crippen LogP contribution in [0.5, 0.6) is 0 Å². The number of anilines is 1. The maximum atomic E-state index is 13.0. The number of nitrogens with one attached hydrogen (secondary N) is 1. The van der Waals surface area contributed by atoms with Gasteiger partial charge in [-0.05, 0) is 43.5 Å². The minimum Gasteiger partial charge on any atom is -0.353 e. The third-order valence-corrected chi connectivity index (χ3v) is 6.31. The summed E-state index contributed by atoms with van der Waals surface area (Å²) in [6, 6.07) is 5.52. The Kier molecular flexibility index (Phi) is 5.47. The number of aryl methyl sites for hydroxylation is 2. The van der Waals surface area contributed by atoms with E-state index in [4.69, 9.17) is 0 Å². The smallest absolute Gasteiger partial charge is 0.255 e. The van der Waals surface area contributed by atoms with Gasteiger partial charge in [0.1, 0.15) is 11.2 Å². The first-order chi connectivity index (χ1) is 14.8. The molecule has 0 radical (unpaired) electrons. The summed E-state index contributed by atoms with van der Waals surface area (Å²) in [4.78, 5) is 50.0. The minimum absolute atomic E-state index is 0.0789. The van der Waals surface area contributed by atoms with Gasteiger partial charge in [-0.1, -0.05) is 13.0 Å². The van der Waals surface area contributed by atoms with Gasteiger partial charge in [-0.25, -0.2) is 4.98 Å². The average Bonchev–Trinajstić information content (AvgIpc) is 3.07. The highest BCUT2D eigenvalue weighted by Gasteiger charge is 2.47. The van der Waals surface area contributed by atoms with Crippen molar-refractivity contribution in [3.63, 3.8) is 0 Å². The standard InChI is InChI=1S/C23H27N5O3/c1-4-23(12-19(29)26-22(23)31)18-6-5-17(14-24-18)21(30)28-9-7-27(8-10-28)20-16(3)11-15(2)13-25-20/h5-6,11,13-14H,4,7-10,12H2,1-3H3,(H,26,29,31)/t23-/m1/s1. The van der Waals surface area contributed by atoms with Crippen LogP contribution in [0.15, 0.2) is 30.6 Å². The van der Waals surface area contributed by atoms with E-state index in [0.29, 0.717) is 30.8 Å². The summed E-state index contributed by atoms with van der Waals surface area (Å²) in [6.45, 7) is 8.59. The Bertz CT molecular complexity index is 1030. The SMILES string of the molecule is CC[C@]1(c2ccc(C(=O)N3CCN(c4ncc(C)cc4C)CC3)cn2)CC(=O)NC1=O. The van der Waals surface area contributed by atoms with Crippen molar-refractivity contribution in [3.8, 4) is 0 Å². The van der Waals surface area contributed by atoms with Crippen LogP contribution in [0.2, 0.25) is 0 Å². The first-order valence-corrected chi connectivity index (χ1v) is 10.6. The molecule has 0 aromatic carbocycles. The summed E-state index contributed by atoms with van der Waals surface area (Å²) in [5.41, 5.74) is 2.34. The Balaban J connectivity index is 1.44. The van der Waals surface area contributed by atoms with Crippen LogP contribution in [-0.4, -0.2) is 58.8 Å². The van der Waals surface area contributed by atoms with E-state index in [1.807, 2.05) is 24.9 Å². The van der Waals surface area contributed by atoms with Crippen molar-refractivity contribution in [2.24, 2.45) is 0 Å². The fraction of sp³-hybridized carbons (Fsp3) is 0.435. The van der Waals surface area contributed by atoms with E-state index in [-0.39, 0.29) is 24.1 Å². The molecule has 0 bridgehead atoms. The van der Waals surface area contributed by atoms with E-state index < -0.39 is 5.41 Å². The van der Waals surface area contributed by atoms with Gasteiger partial charge in [-0.2, -0.15) is 0 Å². The molecule has 0 unspecified atom stereocenters. The van der Waals surface area contributed by atoms with Crippen molar-refractivity contribution in [3.05, 3.63) is 53.0 Å². The lowest BCUT2D eigenvalue weighted by molar-refractivity contribution is -0.126. The highest BCUT2D eigenvalue weighted by atomic mass is 16.2. The van der Waals surface area contributed by atoms with Crippen LogP contribution in [0.4, 0.5) is 5.82 Å². The number of hydrogen-bond donors (Lipinski definition) is 1. The van der Waals surface area contributed by atoms with Gasteiger partial charge in [-0.3, -0.25) is 24.7 Å². The lowest BCUT2D eigenvalue weighted by atomic mass is 9.79. The van der Waals surface area contributed by atoms with Gasteiger partial charge in [0.25, 0.3) is 5.91 Å². The molecule has 31 heavy (non-hydrogen) atoms. The zero-order valence-corrected chi connectivity index (χ0v) is 18.1. The van der Waals surface area contributed by atoms with Crippen molar-refractivity contribution in [1.82, 2.24) is 20.2 Å². The number of carbonyl (C=O) groups is 3. The lowest BCUT2D eigenvalue weighted by Gasteiger charge is -2.36. The van der Waals surface area contributed by atoms with Crippen molar-refractivity contribution in [2.45, 2.75) is 39.0 Å². The molecule has 8 nitrogen and oxygen atoms in total. The second-order valence-electron chi connectivity index (χ2n) is 8.35. The van der Waals surface area contributed by atoms with Crippen LogP contribution >= 0.6 is 0 Å². The van der Waals surface area contributed by atoms with E-state index in [9.17, 15) is 14.4 Å². The molecule has 0 saturated carbocycles. The van der Waals surface area contributed by atoms with Gasteiger partial charge < -0.3 is 9.80 Å². The molecule has 0 spiro atoms. The number of amides is 3. The van der Waals surface area contributed by atoms with Crippen LogP contribution in [-0.2, 0) is 15.0 Å². The first-order valence-electron chi connectivity index (χ1n) is 10.6. The Morgan fingerprint density at radius 3 is 2.39 bits per heavy atom. The number of rotatable bonds is 4. The molecule has 4 heterocycles. The van der Waals surface area contributed by atoms with Crippen molar-refractivity contribution in [2.75, 3.05) is 31.1 Å². The number of aromatic nitrogens is 2. The molecule has 2 fully saturated rings. The van der Waals surface area contributed by atoms with Crippen molar-refractivity contribution < 1.29 is 14.4 Å². The largest absolute Gasteiger partial charge is 0.353 e. The second-order valence-corrected chi connectivity index (χ2v) is 8.35. The molecule has 162 valence electrons. The molecule has 8 heteroatoms. The minimum atomic E-state index is -0.941. The molecular formula is C23H27N5O3. The fourth-order valence-corrected chi connectivity index (χ4v) is 4.46. The Hall–Kier alpha value is -3.29. The molecule has 0 aliphatic carbocycles. The highest BCUT2D eigenvalue weighted by Crippen LogP contribution is 2.34. The molecule has 2 saturated heterocycles.